The Morgan fingerprint density at radius 1 is 1.00 bits per heavy atom. The minimum Gasteiger partial charge on any atom is -0.493 e. The Labute approximate surface area is 177 Å². The molecule has 0 amide bonds. The molecule has 168 valence electrons. The summed E-state index contributed by atoms with van der Waals surface area (Å²) in [6.07, 6.45) is 4.61. The monoisotopic (exact) mass is 459 g/mol. The first-order valence-corrected chi connectivity index (χ1v) is 13.0. The fraction of sp³-hybridized carbons (Fsp3) is 0.684. The van der Waals surface area contributed by atoms with E-state index in [2.05, 4.69) is 6.92 Å². The van der Waals surface area contributed by atoms with E-state index < -0.39 is 20.6 Å². The smallest absolute Gasteiger partial charge is 0.380 e. The Morgan fingerprint density at radius 3 is 2.37 bits per heavy atom. The molecule has 0 spiro atoms. The molecule has 0 bridgehead atoms. The number of rotatable bonds is 5. The van der Waals surface area contributed by atoms with Crippen molar-refractivity contribution in [2.75, 3.05) is 7.11 Å². The second-order valence-electron chi connectivity index (χ2n) is 8.89. The molecule has 11 heteroatoms. The van der Waals surface area contributed by atoms with Gasteiger partial charge in [-0.25, -0.2) is 5.14 Å². The van der Waals surface area contributed by atoms with Crippen LogP contribution in [0.25, 0.3) is 0 Å². The molecular weight excluding hydrogens is 431 g/mol. The number of aryl methyl sites for hydroxylation is 1. The van der Waals surface area contributed by atoms with Gasteiger partial charge in [0.1, 0.15) is 0 Å². The van der Waals surface area contributed by atoms with E-state index in [0.717, 1.165) is 43.2 Å². The van der Waals surface area contributed by atoms with E-state index in [1.54, 1.807) is 6.07 Å². The molecule has 3 aliphatic carbocycles. The van der Waals surface area contributed by atoms with Gasteiger partial charge in [-0.3, -0.25) is 4.18 Å². The SMILES string of the molecule is C[C@]12CC[C@@H]3c4cc(O[11CH3])c(OS(N)(=O)=O)cc4CC[C@H]3[C@@H]1CC[C@@H]2OS(N)(=O)=O. The van der Waals surface area contributed by atoms with Crippen molar-refractivity contribution >= 4 is 20.6 Å². The van der Waals surface area contributed by atoms with Crippen LogP contribution in [-0.2, 0) is 31.2 Å². The lowest BCUT2D eigenvalue weighted by Gasteiger charge is -2.50. The Kier molecular flexibility index (Phi) is 5.33. The zero-order valence-corrected chi connectivity index (χ0v) is 18.7. The van der Waals surface area contributed by atoms with Crippen molar-refractivity contribution in [2.24, 2.45) is 27.5 Å². The van der Waals surface area contributed by atoms with E-state index in [9.17, 15) is 16.8 Å². The van der Waals surface area contributed by atoms with E-state index in [4.69, 9.17) is 23.4 Å². The van der Waals surface area contributed by atoms with Crippen LogP contribution < -0.4 is 19.2 Å². The molecule has 5 atom stereocenters. The van der Waals surface area contributed by atoms with Gasteiger partial charge in [0.2, 0.25) is 0 Å². The third kappa shape index (κ3) is 3.93. The minimum atomic E-state index is -4.15. The summed E-state index contributed by atoms with van der Waals surface area (Å²) in [5, 5.41) is 10.2. The van der Waals surface area contributed by atoms with Crippen LogP contribution >= 0.6 is 0 Å². The minimum absolute atomic E-state index is 0.0975. The second kappa shape index (κ2) is 7.33. The molecule has 9 nitrogen and oxygen atoms in total. The highest BCUT2D eigenvalue weighted by Gasteiger charge is 2.56. The summed E-state index contributed by atoms with van der Waals surface area (Å²) in [6, 6.07) is 3.58. The molecular formula is C19H28N2O7S2. The third-order valence-electron chi connectivity index (χ3n) is 7.38. The van der Waals surface area contributed by atoms with Crippen LogP contribution in [0.15, 0.2) is 12.1 Å². The van der Waals surface area contributed by atoms with E-state index in [0.29, 0.717) is 24.0 Å². The average Bonchev–Trinajstić information content (AvgIpc) is 2.94. The van der Waals surface area contributed by atoms with Crippen LogP contribution in [-0.4, -0.2) is 30.0 Å². The lowest BCUT2D eigenvalue weighted by molar-refractivity contribution is -0.00805. The summed E-state index contributed by atoms with van der Waals surface area (Å²) in [7, 11) is -6.69. The van der Waals surface area contributed by atoms with Gasteiger partial charge in [0.15, 0.2) is 11.5 Å². The van der Waals surface area contributed by atoms with E-state index in [1.165, 1.54) is 7.11 Å². The quantitative estimate of drug-likeness (QED) is 0.681. The number of benzene rings is 1. The van der Waals surface area contributed by atoms with Gasteiger partial charge < -0.3 is 8.92 Å². The average molecular weight is 460 g/mol. The molecule has 0 heterocycles. The molecule has 0 radical (unpaired) electrons. The van der Waals surface area contributed by atoms with Crippen molar-refractivity contribution in [3.8, 4) is 11.5 Å². The van der Waals surface area contributed by atoms with Gasteiger partial charge in [-0.15, -0.1) is 0 Å². The highest BCUT2D eigenvalue weighted by atomic mass is 32.2. The van der Waals surface area contributed by atoms with E-state index in [-0.39, 0.29) is 23.2 Å². The maximum atomic E-state index is 11.5. The molecule has 0 aromatic heterocycles. The molecule has 0 aliphatic heterocycles. The lowest BCUT2D eigenvalue weighted by Crippen LogP contribution is -2.45. The van der Waals surface area contributed by atoms with E-state index >= 15 is 0 Å². The van der Waals surface area contributed by atoms with Crippen molar-refractivity contribution < 1.29 is 29.9 Å². The summed E-state index contributed by atoms with van der Waals surface area (Å²) in [5.41, 5.74) is 1.95. The van der Waals surface area contributed by atoms with Crippen LogP contribution in [0, 0.1) is 17.3 Å². The summed E-state index contributed by atoms with van der Waals surface area (Å²) >= 11 is 0. The second-order valence-corrected chi connectivity index (χ2v) is 11.2. The Bertz CT molecular complexity index is 1060. The predicted molar refractivity (Wildman–Crippen MR) is 109 cm³/mol. The predicted octanol–water partition coefficient (Wildman–Crippen LogP) is 1.72. The number of ether oxygens (including phenoxy) is 1. The first-order valence-electron chi connectivity index (χ1n) is 10.1. The Balaban J connectivity index is 1.65. The summed E-state index contributed by atoms with van der Waals surface area (Å²) < 4.78 is 61.4. The van der Waals surface area contributed by atoms with Gasteiger partial charge in [0.05, 0.1) is 13.2 Å². The molecule has 2 saturated carbocycles. The zero-order valence-electron chi connectivity index (χ0n) is 17.0. The van der Waals surface area contributed by atoms with Gasteiger partial charge in [-0.1, -0.05) is 6.92 Å². The van der Waals surface area contributed by atoms with Crippen molar-refractivity contribution in [2.45, 2.75) is 57.5 Å². The van der Waals surface area contributed by atoms with Crippen molar-refractivity contribution in [1.29, 1.82) is 0 Å². The summed E-state index contributed by atoms with van der Waals surface area (Å²) in [6.45, 7) is 2.12. The highest BCUT2D eigenvalue weighted by molar-refractivity contribution is 7.84. The van der Waals surface area contributed by atoms with Gasteiger partial charge in [0.25, 0.3) is 0 Å². The van der Waals surface area contributed by atoms with Crippen LogP contribution in [0.2, 0.25) is 0 Å². The third-order valence-corrected chi connectivity index (χ3v) is 8.29. The largest absolute Gasteiger partial charge is 0.493 e. The highest BCUT2D eigenvalue weighted by Crippen LogP contribution is 2.62. The number of hydrogen-bond donors (Lipinski definition) is 2. The van der Waals surface area contributed by atoms with Crippen molar-refractivity contribution in [3.63, 3.8) is 0 Å². The molecule has 3 aliphatic rings. The number of methoxy groups -OCH3 is 1. The normalized spacial score (nSPS) is 33.3. The number of hydrogen-bond acceptors (Lipinski definition) is 7. The maximum Gasteiger partial charge on any atom is 0.380 e. The first kappa shape index (κ1) is 21.8. The van der Waals surface area contributed by atoms with Gasteiger partial charge >= 0.3 is 20.6 Å². The summed E-state index contributed by atoms with van der Waals surface area (Å²) in [5.74, 6) is 1.44. The zero-order chi connectivity index (χ0) is 21.9. The van der Waals surface area contributed by atoms with Crippen LogP contribution in [0.3, 0.4) is 0 Å². The Hall–Kier alpha value is -1.40. The first-order chi connectivity index (χ1) is 13.9. The van der Waals surface area contributed by atoms with Gasteiger partial charge in [0, 0.05) is 0 Å². The van der Waals surface area contributed by atoms with Crippen molar-refractivity contribution in [3.05, 3.63) is 23.3 Å². The standard InChI is InChI=1S/C19H28N2O7S2/c1-19-8-7-12-13(15(19)5-6-18(19)28-30(21,24)25)4-3-11-9-17(27-29(20,22)23)16(26-2)10-14(11)12/h9-10,12-13,15,18H,3-8H2,1-2H3,(H2,20,22,23)(H2,21,24,25)/t12-,13+,15-,18-,19-/m0/s1/i2-1. The molecule has 0 saturated heterocycles. The molecule has 4 rings (SSSR count). The summed E-state index contributed by atoms with van der Waals surface area (Å²) in [4.78, 5) is 0. The van der Waals surface area contributed by atoms with Gasteiger partial charge in [-0.2, -0.15) is 22.0 Å². The van der Waals surface area contributed by atoms with Gasteiger partial charge in [-0.05, 0) is 85.0 Å². The fourth-order valence-electron chi connectivity index (χ4n) is 6.20. The topological polar surface area (TPSA) is 148 Å². The van der Waals surface area contributed by atoms with Crippen LogP contribution in [0.5, 0.6) is 11.5 Å². The molecule has 0 unspecified atom stereocenters. The van der Waals surface area contributed by atoms with E-state index in [1.807, 2.05) is 6.07 Å². The number of nitrogens with two attached hydrogens (primary N) is 2. The molecule has 30 heavy (non-hydrogen) atoms. The molecule has 4 N–H and O–H groups in total. The maximum absolute atomic E-state index is 11.5. The van der Waals surface area contributed by atoms with Crippen molar-refractivity contribution in [1.82, 2.24) is 0 Å². The lowest BCUT2D eigenvalue weighted by atomic mass is 9.55. The number of fused-ring (bicyclic) bond motifs is 5. The molecule has 1 aromatic rings. The molecule has 1 aromatic carbocycles. The van der Waals surface area contributed by atoms with Crippen LogP contribution in [0.1, 0.15) is 56.1 Å². The molecule has 2 fully saturated rings. The fourth-order valence-corrected chi connectivity index (χ4v) is 7.22. The van der Waals surface area contributed by atoms with Crippen LogP contribution in [0.4, 0.5) is 0 Å². The Morgan fingerprint density at radius 2 is 1.73 bits per heavy atom.